The van der Waals surface area contributed by atoms with Gasteiger partial charge >= 0.3 is 0 Å². The molecule has 0 spiro atoms. The number of hydrogen-bond acceptors (Lipinski definition) is 2. The Morgan fingerprint density at radius 3 is 2.67 bits per heavy atom. The SMILES string of the molecule is CCc1ccc(SC)cc1C(Br)C(C)=O. The van der Waals surface area contributed by atoms with Gasteiger partial charge in [-0.2, -0.15) is 0 Å². The normalized spacial score (nSPS) is 12.5. The molecule has 1 aromatic rings. The minimum absolute atomic E-state index is 0.156. The van der Waals surface area contributed by atoms with Gasteiger partial charge in [-0.1, -0.05) is 28.9 Å². The Morgan fingerprint density at radius 1 is 1.53 bits per heavy atom. The Morgan fingerprint density at radius 2 is 2.20 bits per heavy atom. The number of benzene rings is 1. The molecule has 0 amide bonds. The van der Waals surface area contributed by atoms with E-state index in [1.165, 1.54) is 10.5 Å². The Labute approximate surface area is 104 Å². The minimum Gasteiger partial charge on any atom is -0.298 e. The summed E-state index contributed by atoms with van der Waals surface area (Å²) in [5.74, 6) is 0.156. The van der Waals surface area contributed by atoms with Crippen molar-refractivity contribution in [2.45, 2.75) is 30.0 Å². The predicted octanol–water partition coefficient (Wildman–Crippen LogP) is 4.00. The van der Waals surface area contributed by atoms with E-state index < -0.39 is 0 Å². The van der Waals surface area contributed by atoms with Gasteiger partial charge in [-0.25, -0.2) is 0 Å². The molecule has 0 N–H and O–H groups in total. The Kier molecular flexibility index (Phi) is 4.87. The molecule has 0 fully saturated rings. The van der Waals surface area contributed by atoms with Crippen LogP contribution in [-0.2, 0) is 11.2 Å². The Hall–Kier alpha value is -0.280. The molecule has 1 atom stereocenters. The number of halogens is 1. The van der Waals surface area contributed by atoms with Crippen LogP contribution in [0.15, 0.2) is 23.1 Å². The monoisotopic (exact) mass is 286 g/mol. The fraction of sp³-hybridized carbons (Fsp3) is 0.417. The summed E-state index contributed by atoms with van der Waals surface area (Å²) in [4.78, 5) is 12.4. The molecule has 0 saturated carbocycles. The fourth-order valence-corrected chi connectivity index (χ4v) is 2.35. The summed E-state index contributed by atoms with van der Waals surface area (Å²) in [5, 5.41) is 0. The second-order valence-corrected chi connectivity index (χ2v) is 5.19. The number of Topliss-reactive ketones (excluding diaryl/α,β-unsaturated/α-hetero) is 1. The average molecular weight is 287 g/mol. The van der Waals surface area contributed by atoms with E-state index in [9.17, 15) is 4.79 Å². The second kappa shape index (κ2) is 5.71. The van der Waals surface area contributed by atoms with Crippen LogP contribution in [0.1, 0.15) is 29.8 Å². The molecule has 1 aromatic carbocycles. The lowest BCUT2D eigenvalue weighted by Crippen LogP contribution is -2.04. The number of carbonyl (C=O) groups is 1. The molecule has 1 nitrogen and oxygen atoms in total. The first kappa shape index (κ1) is 12.8. The Bertz CT molecular complexity index is 363. The third-order valence-electron chi connectivity index (χ3n) is 2.36. The summed E-state index contributed by atoms with van der Waals surface area (Å²) < 4.78 is 0. The molecule has 82 valence electrons. The van der Waals surface area contributed by atoms with Gasteiger partial charge in [0.1, 0.15) is 5.78 Å². The first-order valence-corrected chi connectivity index (χ1v) is 7.05. The van der Waals surface area contributed by atoms with Crippen molar-refractivity contribution in [3.63, 3.8) is 0 Å². The number of hydrogen-bond donors (Lipinski definition) is 0. The molecule has 3 heteroatoms. The summed E-state index contributed by atoms with van der Waals surface area (Å²) in [7, 11) is 0. The third kappa shape index (κ3) is 3.08. The van der Waals surface area contributed by atoms with Crippen LogP contribution in [0.2, 0.25) is 0 Å². The summed E-state index contributed by atoms with van der Waals surface area (Å²) in [6.07, 6.45) is 3.00. The number of rotatable bonds is 4. The van der Waals surface area contributed by atoms with Crippen molar-refractivity contribution in [3.05, 3.63) is 29.3 Å². The van der Waals surface area contributed by atoms with Gasteiger partial charge in [0.05, 0.1) is 4.83 Å². The first-order valence-electron chi connectivity index (χ1n) is 4.91. The fourth-order valence-electron chi connectivity index (χ4n) is 1.48. The van der Waals surface area contributed by atoms with Crippen molar-refractivity contribution >= 4 is 33.5 Å². The molecule has 0 saturated heterocycles. The van der Waals surface area contributed by atoms with Crippen LogP contribution in [0, 0.1) is 0 Å². The summed E-state index contributed by atoms with van der Waals surface area (Å²) in [6.45, 7) is 3.72. The molecule has 0 heterocycles. The number of ketones is 1. The molecular weight excluding hydrogens is 272 g/mol. The molecular formula is C12H15BrOS. The maximum Gasteiger partial charge on any atom is 0.147 e. The van der Waals surface area contributed by atoms with E-state index in [-0.39, 0.29) is 10.6 Å². The largest absolute Gasteiger partial charge is 0.298 e. The van der Waals surface area contributed by atoms with E-state index in [0.717, 1.165) is 12.0 Å². The molecule has 0 aliphatic carbocycles. The minimum atomic E-state index is -0.167. The van der Waals surface area contributed by atoms with Gasteiger partial charge < -0.3 is 0 Å². The number of aryl methyl sites for hydroxylation is 1. The van der Waals surface area contributed by atoms with E-state index in [4.69, 9.17) is 0 Å². The van der Waals surface area contributed by atoms with E-state index in [2.05, 4.69) is 41.1 Å². The molecule has 15 heavy (non-hydrogen) atoms. The summed E-state index contributed by atoms with van der Waals surface area (Å²) in [5.41, 5.74) is 2.35. The van der Waals surface area contributed by atoms with Crippen LogP contribution >= 0.6 is 27.7 Å². The van der Waals surface area contributed by atoms with Crippen LogP contribution in [0.4, 0.5) is 0 Å². The number of thioether (sulfide) groups is 1. The maximum atomic E-state index is 11.4. The van der Waals surface area contributed by atoms with E-state index in [1.54, 1.807) is 18.7 Å². The van der Waals surface area contributed by atoms with Crippen molar-refractivity contribution < 1.29 is 4.79 Å². The topological polar surface area (TPSA) is 17.1 Å². The zero-order valence-corrected chi connectivity index (χ0v) is 11.6. The molecule has 0 radical (unpaired) electrons. The zero-order valence-electron chi connectivity index (χ0n) is 9.21. The molecule has 0 aliphatic rings. The highest BCUT2D eigenvalue weighted by Crippen LogP contribution is 2.30. The van der Waals surface area contributed by atoms with Crippen LogP contribution in [-0.4, -0.2) is 12.0 Å². The van der Waals surface area contributed by atoms with Crippen molar-refractivity contribution in [2.24, 2.45) is 0 Å². The standard InChI is InChI=1S/C12H15BrOS/c1-4-9-5-6-10(15-3)7-11(9)12(13)8(2)14/h5-7,12H,4H2,1-3H3. The van der Waals surface area contributed by atoms with Gasteiger partial charge in [-0.05, 0) is 42.9 Å². The van der Waals surface area contributed by atoms with Crippen molar-refractivity contribution in [1.82, 2.24) is 0 Å². The summed E-state index contributed by atoms with van der Waals surface area (Å²) >= 11 is 5.15. The van der Waals surface area contributed by atoms with Crippen LogP contribution < -0.4 is 0 Å². The van der Waals surface area contributed by atoms with Gasteiger partial charge in [0, 0.05) is 4.90 Å². The number of alkyl halides is 1. The van der Waals surface area contributed by atoms with Gasteiger partial charge in [0.25, 0.3) is 0 Å². The Balaban J connectivity index is 3.16. The zero-order chi connectivity index (χ0) is 11.4. The van der Waals surface area contributed by atoms with Gasteiger partial charge in [0.15, 0.2) is 0 Å². The highest BCUT2D eigenvalue weighted by atomic mass is 79.9. The van der Waals surface area contributed by atoms with Crippen molar-refractivity contribution in [2.75, 3.05) is 6.26 Å². The van der Waals surface area contributed by atoms with E-state index in [0.29, 0.717) is 0 Å². The maximum absolute atomic E-state index is 11.4. The van der Waals surface area contributed by atoms with Gasteiger partial charge in [-0.3, -0.25) is 4.79 Å². The average Bonchev–Trinajstić information content (AvgIpc) is 2.27. The van der Waals surface area contributed by atoms with Gasteiger partial charge in [0.2, 0.25) is 0 Å². The lowest BCUT2D eigenvalue weighted by atomic mass is 10.0. The predicted molar refractivity (Wildman–Crippen MR) is 70.0 cm³/mol. The van der Waals surface area contributed by atoms with Crippen LogP contribution in [0.25, 0.3) is 0 Å². The van der Waals surface area contributed by atoms with E-state index in [1.807, 2.05) is 6.26 Å². The third-order valence-corrected chi connectivity index (χ3v) is 4.23. The van der Waals surface area contributed by atoms with E-state index >= 15 is 0 Å². The van der Waals surface area contributed by atoms with Crippen molar-refractivity contribution in [3.8, 4) is 0 Å². The quantitative estimate of drug-likeness (QED) is 0.615. The van der Waals surface area contributed by atoms with Crippen molar-refractivity contribution in [1.29, 1.82) is 0 Å². The number of carbonyl (C=O) groups excluding carboxylic acids is 1. The molecule has 0 aromatic heterocycles. The highest BCUT2D eigenvalue weighted by molar-refractivity contribution is 9.09. The lowest BCUT2D eigenvalue weighted by molar-refractivity contribution is -0.116. The molecule has 1 unspecified atom stereocenters. The first-order chi connectivity index (χ1) is 7.10. The van der Waals surface area contributed by atoms with Crippen LogP contribution in [0.5, 0.6) is 0 Å². The van der Waals surface area contributed by atoms with Crippen LogP contribution in [0.3, 0.4) is 0 Å². The second-order valence-electron chi connectivity index (χ2n) is 3.39. The smallest absolute Gasteiger partial charge is 0.147 e. The summed E-state index contributed by atoms with van der Waals surface area (Å²) in [6, 6.07) is 6.32. The lowest BCUT2D eigenvalue weighted by Gasteiger charge is -2.13. The van der Waals surface area contributed by atoms with Gasteiger partial charge in [-0.15, -0.1) is 11.8 Å². The highest BCUT2D eigenvalue weighted by Gasteiger charge is 2.16. The molecule has 1 rings (SSSR count). The molecule has 0 bridgehead atoms. The molecule has 0 aliphatic heterocycles.